The summed E-state index contributed by atoms with van der Waals surface area (Å²) in [4.78, 5) is 24.6. The minimum Gasteiger partial charge on any atom is -0.480 e. The van der Waals surface area contributed by atoms with E-state index in [1.165, 1.54) is 4.90 Å². The molecule has 19 heavy (non-hydrogen) atoms. The number of hydrogen-bond acceptors (Lipinski definition) is 3. The van der Waals surface area contributed by atoms with Crippen molar-refractivity contribution in [2.45, 2.75) is 25.4 Å². The van der Waals surface area contributed by atoms with Crippen LogP contribution in [-0.2, 0) is 14.3 Å². The topological polar surface area (TPSA) is 66.8 Å². The number of amides is 1. The summed E-state index contributed by atoms with van der Waals surface area (Å²) in [6, 6.07) is 8.83. The molecule has 0 radical (unpaired) electrons. The Morgan fingerprint density at radius 1 is 1.26 bits per heavy atom. The standard InChI is InChI=1S/C14H17NO4/c16-13(17)10-15(11-6-2-1-3-7-11)14(18)12-8-4-5-9-19-12/h1-3,6-7,12H,4-5,8-10H2,(H,16,17). The summed E-state index contributed by atoms with van der Waals surface area (Å²) in [5.41, 5.74) is 0.587. The van der Waals surface area contributed by atoms with Crippen LogP contribution in [0.15, 0.2) is 30.3 Å². The summed E-state index contributed by atoms with van der Waals surface area (Å²) >= 11 is 0. The minimum atomic E-state index is -1.03. The summed E-state index contributed by atoms with van der Waals surface area (Å²) in [5, 5.41) is 8.96. The zero-order valence-electron chi connectivity index (χ0n) is 10.6. The molecule has 0 saturated carbocycles. The van der Waals surface area contributed by atoms with Crippen LogP contribution in [-0.4, -0.2) is 36.2 Å². The number of benzene rings is 1. The largest absolute Gasteiger partial charge is 0.480 e. The Labute approximate surface area is 111 Å². The van der Waals surface area contributed by atoms with Crippen molar-refractivity contribution in [1.82, 2.24) is 0 Å². The van der Waals surface area contributed by atoms with Crippen LogP contribution in [0.3, 0.4) is 0 Å². The summed E-state index contributed by atoms with van der Waals surface area (Å²) in [7, 11) is 0. The molecular weight excluding hydrogens is 246 g/mol. The Morgan fingerprint density at radius 2 is 2.00 bits per heavy atom. The highest BCUT2D eigenvalue weighted by atomic mass is 16.5. The number of anilines is 1. The van der Waals surface area contributed by atoms with Crippen LogP contribution < -0.4 is 4.90 Å². The zero-order chi connectivity index (χ0) is 13.7. The van der Waals surface area contributed by atoms with Crippen LogP contribution >= 0.6 is 0 Å². The lowest BCUT2D eigenvalue weighted by molar-refractivity contribution is -0.139. The van der Waals surface area contributed by atoms with E-state index >= 15 is 0 Å². The van der Waals surface area contributed by atoms with Gasteiger partial charge >= 0.3 is 5.97 Å². The van der Waals surface area contributed by atoms with E-state index in [2.05, 4.69) is 0 Å². The van der Waals surface area contributed by atoms with Crippen molar-refractivity contribution in [2.75, 3.05) is 18.1 Å². The van der Waals surface area contributed by atoms with E-state index in [0.717, 1.165) is 12.8 Å². The van der Waals surface area contributed by atoms with E-state index in [4.69, 9.17) is 9.84 Å². The van der Waals surface area contributed by atoms with Gasteiger partial charge in [-0.15, -0.1) is 0 Å². The molecule has 5 heteroatoms. The van der Waals surface area contributed by atoms with Gasteiger partial charge < -0.3 is 9.84 Å². The maximum atomic E-state index is 12.4. The molecule has 1 atom stereocenters. The monoisotopic (exact) mass is 263 g/mol. The van der Waals surface area contributed by atoms with Crippen LogP contribution in [0.1, 0.15) is 19.3 Å². The lowest BCUT2D eigenvalue weighted by Gasteiger charge is -2.28. The van der Waals surface area contributed by atoms with Gasteiger partial charge in [0.15, 0.2) is 0 Å². The Kier molecular flexibility index (Phi) is 4.52. The molecule has 1 aliphatic heterocycles. The first-order valence-electron chi connectivity index (χ1n) is 6.38. The third-order valence-electron chi connectivity index (χ3n) is 3.08. The lowest BCUT2D eigenvalue weighted by Crippen LogP contribution is -2.44. The second kappa shape index (κ2) is 6.33. The molecule has 5 nitrogen and oxygen atoms in total. The average Bonchev–Trinajstić information content (AvgIpc) is 2.46. The van der Waals surface area contributed by atoms with Gasteiger partial charge in [-0.3, -0.25) is 14.5 Å². The van der Waals surface area contributed by atoms with Crippen LogP contribution in [0.2, 0.25) is 0 Å². The normalized spacial score (nSPS) is 18.8. The number of carbonyl (C=O) groups is 2. The van der Waals surface area contributed by atoms with Crippen molar-refractivity contribution < 1.29 is 19.4 Å². The van der Waals surface area contributed by atoms with E-state index in [-0.39, 0.29) is 12.5 Å². The summed E-state index contributed by atoms with van der Waals surface area (Å²) in [6.07, 6.45) is 2.02. The maximum absolute atomic E-state index is 12.4. The fourth-order valence-corrected chi connectivity index (χ4v) is 2.15. The first-order chi connectivity index (χ1) is 9.18. The highest BCUT2D eigenvalue weighted by Crippen LogP contribution is 2.20. The van der Waals surface area contributed by atoms with Gasteiger partial charge in [0.1, 0.15) is 12.6 Å². The number of carbonyl (C=O) groups excluding carboxylic acids is 1. The quantitative estimate of drug-likeness (QED) is 0.897. The molecule has 1 aliphatic rings. The fraction of sp³-hybridized carbons (Fsp3) is 0.429. The average molecular weight is 263 g/mol. The third-order valence-corrected chi connectivity index (χ3v) is 3.08. The predicted molar refractivity (Wildman–Crippen MR) is 70.0 cm³/mol. The SMILES string of the molecule is O=C(O)CN(C(=O)C1CCCCO1)c1ccccc1. The molecule has 1 fully saturated rings. The minimum absolute atomic E-state index is 0.270. The van der Waals surface area contributed by atoms with Crippen molar-refractivity contribution in [3.8, 4) is 0 Å². The van der Waals surface area contributed by atoms with Gasteiger partial charge in [-0.25, -0.2) is 0 Å². The predicted octanol–water partition coefficient (Wildman–Crippen LogP) is 1.67. The Hall–Kier alpha value is -1.88. The van der Waals surface area contributed by atoms with Crippen LogP contribution in [0.4, 0.5) is 5.69 Å². The van der Waals surface area contributed by atoms with Crippen molar-refractivity contribution in [1.29, 1.82) is 0 Å². The van der Waals surface area contributed by atoms with Gasteiger partial charge in [-0.05, 0) is 31.4 Å². The fourth-order valence-electron chi connectivity index (χ4n) is 2.15. The van der Waals surface area contributed by atoms with Crippen molar-refractivity contribution in [2.24, 2.45) is 0 Å². The number of rotatable bonds is 4. The Bertz CT molecular complexity index is 440. The molecule has 1 heterocycles. The molecule has 1 aromatic carbocycles. The number of nitrogens with zero attached hydrogens (tertiary/aromatic N) is 1. The highest BCUT2D eigenvalue weighted by Gasteiger charge is 2.28. The van der Waals surface area contributed by atoms with Gasteiger partial charge in [0.2, 0.25) is 0 Å². The van der Waals surface area contributed by atoms with E-state index in [1.54, 1.807) is 24.3 Å². The number of ether oxygens (including phenoxy) is 1. The molecule has 102 valence electrons. The molecule has 0 bridgehead atoms. The molecule has 0 aliphatic carbocycles. The van der Waals surface area contributed by atoms with Crippen LogP contribution in [0.5, 0.6) is 0 Å². The first kappa shape index (κ1) is 13.5. The number of carboxylic acid groups (broad SMARTS) is 1. The molecule has 1 aromatic rings. The van der Waals surface area contributed by atoms with E-state index < -0.39 is 12.1 Å². The lowest BCUT2D eigenvalue weighted by atomic mass is 10.1. The molecule has 0 spiro atoms. The number of aliphatic carboxylic acids is 1. The summed E-state index contributed by atoms with van der Waals surface area (Å²) in [5.74, 6) is -1.30. The molecule has 0 aromatic heterocycles. The van der Waals surface area contributed by atoms with Crippen molar-refractivity contribution >= 4 is 17.6 Å². The molecule has 1 saturated heterocycles. The summed E-state index contributed by atoms with van der Waals surface area (Å²) < 4.78 is 5.44. The van der Waals surface area contributed by atoms with Gasteiger partial charge in [0.05, 0.1) is 0 Å². The Balaban J connectivity index is 2.17. The van der Waals surface area contributed by atoms with E-state index in [1.807, 2.05) is 6.07 Å². The maximum Gasteiger partial charge on any atom is 0.323 e. The van der Waals surface area contributed by atoms with E-state index in [0.29, 0.717) is 18.7 Å². The van der Waals surface area contributed by atoms with Crippen LogP contribution in [0, 0.1) is 0 Å². The second-order valence-electron chi connectivity index (χ2n) is 4.51. The zero-order valence-corrected chi connectivity index (χ0v) is 10.6. The molecule has 1 N–H and O–H groups in total. The van der Waals surface area contributed by atoms with Crippen molar-refractivity contribution in [3.63, 3.8) is 0 Å². The summed E-state index contributed by atoms with van der Waals surface area (Å²) in [6.45, 7) is 0.217. The van der Waals surface area contributed by atoms with Gasteiger partial charge in [-0.1, -0.05) is 18.2 Å². The van der Waals surface area contributed by atoms with Crippen molar-refractivity contribution in [3.05, 3.63) is 30.3 Å². The smallest absolute Gasteiger partial charge is 0.323 e. The Morgan fingerprint density at radius 3 is 2.58 bits per heavy atom. The highest BCUT2D eigenvalue weighted by molar-refractivity contribution is 6.00. The molecular formula is C14H17NO4. The van der Waals surface area contributed by atoms with Crippen LogP contribution in [0.25, 0.3) is 0 Å². The number of para-hydroxylation sites is 1. The van der Waals surface area contributed by atoms with Gasteiger partial charge in [0.25, 0.3) is 5.91 Å². The van der Waals surface area contributed by atoms with Gasteiger partial charge in [-0.2, -0.15) is 0 Å². The van der Waals surface area contributed by atoms with Gasteiger partial charge in [0, 0.05) is 12.3 Å². The molecule has 1 amide bonds. The second-order valence-corrected chi connectivity index (χ2v) is 4.51. The number of hydrogen-bond donors (Lipinski definition) is 1. The number of carboxylic acids is 1. The van der Waals surface area contributed by atoms with E-state index in [9.17, 15) is 9.59 Å². The molecule has 2 rings (SSSR count). The first-order valence-corrected chi connectivity index (χ1v) is 6.38. The molecule has 1 unspecified atom stereocenters. The third kappa shape index (κ3) is 3.54.